The van der Waals surface area contributed by atoms with E-state index in [1.165, 1.54) is 5.56 Å². The third-order valence-corrected chi connectivity index (χ3v) is 3.50. The highest BCUT2D eigenvalue weighted by Crippen LogP contribution is 2.31. The Morgan fingerprint density at radius 3 is 3.06 bits per heavy atom. The van der Waals surface area contributed by atoms with Gasteiger partial charge in [-0.2, -0.15) is 5.10 Å². The van der Waals surface area contributed by atoms with Gasteiger partial charge in [-0.05, 0) is 25.0 Å². The number of fused-ring (bicyclic) bond motifs is 1. The van der Waals surface area contributed by atoms with Crippen molar-refractivity contribution in [3.05, 3.63) is 47.8 Å². The molecule has 2 N–H and O–H groups in total. The largest absolute Gasteiger partial charge is 0.386 e. The summed E-state index contributed by atoms with van der Waals surface area (Å²) in [5, 5.41) is 18.0. The molecular formula is C14H17N3O. The Labute approximate surface area is 106 Å². The third-order valence-electron chi connectivity index (χ3n) is 3.50. The van der Waals surface area contributed by atoms with Gasteiger partial charge in [-0.3, -0.25) is 4.68 Å². The van der Waals surface area contributed by atoms with Crippen LogP contribution in [0.2, 0.25) is 0 Å². The molecule has 0 aliphatic carbocycles. The Bertz CT molecular complexity index is 524. The summed E-state index contributed by atoms with van der Waals surface area (Å²) in [6, 6.07) is 8.24. The van der Waals surface area contributed by atoms with Gasteiger partial charge < -0.3 is 10.4 Å². The molecule has 1 aliphatic rings. The maximum absolute atomic E-state index is 10.4. The maximum atomic E-state index is 10.4. The molecule has 2 heterocycles. The highest BCUT2D eigenvalue weighted by Gasteiger charge is 2.28. The summed E-state index contributed by atoms with van der Waals surface area (Å²) < 4.78 is 1.83. The van der Waals surface area contributed by atoms with Gasteiger partial charge in [-0.15, -0.1) is 0 Å². The monoisotopic (exact) mass is 243 g/mol. The molecule has 0 saturated carbocycles. The molecule has 2 aromatic rings. The van der Waals surface area contributed by atoms with Gasteiger partial charge in [0.1, 0.15) is 6.10 Å². The number of aliphatic hydroxyl groups is 1. The summed E-state index contributed by atoms with van der Waals surface area (Å²) in [6.07, 6.45) is 4.00. The molecule has 0 radical (unpaired) electrons. The minimum absolute atomic E-state index is 0.0388. The summed E-state index contributed by atoms with van der Waals surface area (Å²) in [7, 11) is 0. The van der Waals surface area contributed by atoms with Crippen molar-refractivity contribution in [3.63, 3.8) is 0 Å². The number of nitrogens with zero attached hydrogens (tertiary/aromatic N) is 2. The lowest BCUT2D eigenvalue weighted by Crippen LogP contribution is -2.24. The van der Waals surface area contributed by atoms with Gasteiger partial charge in [0, 0.05) is 24.0 Å². The van der Waals surface area contributed by atoms with Crippen molar-refractivity contribution in [1.82, 2.24) is 9.78 Å². The first kappa shape index (κ1) is 11.3. The summed E-state index contributed by atoms with van der Waals surface area (Å²) in [5.41, 5.74) is 3.27. The zero-order valence-electron chi connectivity index (χ0n) is 10.4. The number of aliphatic hydroxyl groups excluding tert-OH is 1. The zero-order valence-corrected chi connectivity index (χ0v) is 10.4. The second-order valence-corrected chi connectivity index (χ2v) is 4.69. The smallest absolute Gasteiger partial charge is 0.102 e. The molecule has 2 unspecified atom stereocenters. The quantitative estimate of drug-likeness (QED) is 0.866. The fourth-order valence-electron chi connectivity index (χ4n) is 2.45. The summed E-state index contributed by atoms with van der Waals surface area (Å²) >= 11 is 0. The first-order chi connectivity index (χ1) is 8.78. The van der Waals surface area contributed by atoms with Crippen LogP contribution < -0.4 is 5.32 Å². The van der Waals surface area contributed by atoms with Crippen molar-refractivity contribution >= 4 is 5.69 Å². The van der Waals surface area contributed by atoms with E-state index in [4.69, 9.17) is 0 Å². The topological polar surface area (TPSA) is 50.1 Å². The standard InChI is InChI=1S/C14H17N3O/c1-2-17-9-11(8-15-17)14(18)13-7-10-5-3-4-6-12(10)16-13/h3-6,8-9,13-14,16,18H,2,7H2,1H3. The Hall–Kier alpha value is -1.81. The molecule has 0 saturated heterocycles. The van der Waals surface area contributed by atoms with E-state index in [9.17, 15) is 5.11 Å². The molecule has 18 heavy (non-hydrogen) atoms. The molecule has 4 nitrogen and oxygen atoms in total. The number of aromatic nitrogens is 2. The van der Waals surface area contributed by atoms with Crippen LogP contribution in [0.3, 0.4) is 0 Å². The number of para-hydroxylation sites is 1. The first-order valence-corrected chi connectivity index (χ1v) is 6.33. The number of aryl methyl sites for hydroxylation is 1. The van der Waals surface area contributed by atoms with Gasteiger partial charge in [0.2, 0.25) is 0 Å². The lowest BCUT2D eigenvalue weighted by molar-refractivity contribution is 0.156. The van der Waals surface area contributed by atoms with Crippen LogP contribution >= 0.6 is 0 Å². The van der Waals surface area contributed by atoms with Crippen LogP contribution in [0.1, 0.15) is 24.2 Å². The van der Waals surface area contributed by atoms with E-state index in [1.807, 2.05) is 29.9 Å². The van der Waals surface area contributed by atoms with E-state index in [-0.39, 0.29) is 6.04 Å². The van der Waals surface area contributed by atoms with Gasteiger partial charge in [0.05, 0.1) is 12.2 Å². The Kier molecular flexibility index (Phi) is 2.80. The van der Waals surface area contributed by atoms with Crippen molar-refractivity contribution in [3.8, 4) is 0 Å². The van der Waals surface area contributed by atoms with Crippen molar-refractivity contribution in [1.29, 1.82) is 0 Å². The number of hydrogen-bond acceptors (Lipinski definition) is 3. The maximum Gasteiger partial charge on any atom is 0.102 e. The van der Waals surface area contributed by atoms with Crippen LogP contribution in [0.5, 0.6) is 0 Å². The molecule has 0 spiro atoms. The Balaban J connectivity index is 1.77. The molecule has 0 bridgehead atoms. The van der Waals surface area contributed by atoms with E-state index in [1.54, 1.807) is 6.20 Å². The highest BCUT2D eigenvalue weighted by atomic mass is 16.3. The molecule has 2 atom stereocenters. The number of hydrogen-bond donors (Lipinski definition) is 2. The summed E-state index contributed by atoms with van der Waals surface area (Å²) in [4.78, 5) is 0. The van der Waals surface area contributed by atoms with E-state index < -0.39 is 6.10 Å². The molecule has 1 aromatic heterocycles. The van der Waals surface area contributed by atoms with Crippen molar-refractivity contribution in [2.45, 2.75) is 32.0 Å². The van der Waals surface area contributed by atoms with Crippen LogP contribution in [0.25, 0.3) is 0 Å². The number of anilines is 1. The van der Waals surface area contributed by atoms with Crippen LogP contribution in [0.4, 0.5) is 5.69 Å². The fraction of sp³-hybridized carbons (Fsp3) is 0.357. The summed E-state index contributed by atoms with van der Waals surface area (Å²) in [6.45, 7) is 2.86. The normalized spacial score (nSPS) is 19.3. The minimum Gasteiger partial charge on any atom is -0.386 e. The Morgan fingerprint density at radius 2 is 2.33 bits per heavy atom. The summed E-state index contributed by atoms with van der Waals surface area (Å²) in [5.74, 6) is 0. The van der Waals surface area contributed by atoms with Gasteiger partial charge in [-0.25, -0.2) is 0 Å². The molecule has 1 aromatic carbocycles. The number of rotatable bonds is 3. The van der Waals surface area contributed by atoms with Crippen molar-refractivity contribution in [2.75, 3.05) is 5.32 Å². The third kappa shape index (κ3) is 1.88. The molecule has 1 aliphatic heterocycles. The molecule has 94 valence electrons. The van der Waals surface area contributed by atoms with Crippen LogP contribution in [0.15, 0.2) is 36.7 Å². The van der Waals surface area contributed by atoms with Gasteiger partial charge in [-0.1, -0.05) is 18.2 Å². The second-order valence-electron chi connectivity index (χ2n) is 4.69. The van der Waals surface area contributed by atoms with E-state index in [0.717, 1.165) is 24.2 Å². The average molecular weight is 243 g/mol. The van der Waals surface area contributed by atoms with E-state index in [2.05, 4.69) is 22.5 Å². The SMILES string of the molecule is CCn1cc(C(O)C2Cc3ccccc3N2)cn1. The predicted octanol–water partition coefficient (Wildman–Crippen LogP) is 1.97. The minimum atomic E-state index is -0.516. The molecule has 4 heteroatoms. The lowest BCUT2D eigenvalue weighted by Gasteiger charge is -2.17. The number of nitrogens with one attached hydrogen (secondary N) is 1. The molecular weight excluding hydrogens is 226 g/mol. The van der Waals surface area contributed by atoms with Crippen LogP contribution in [-0.4, -0.2) is 20.9 Å². The zero-order chi connectivity index (χ0) is 12.5. The highest BCUT2D eigenvalue weighted by molar-refractivity contribution is 5.57. The molecule has 0 amide bonds. The molecule has 0 fully saturated rings. The van der Waals surface area contributed by atoms with E-state index >= 15 is 0 Å². The van der Waals surface area contributed by atoms with Gasteiger partial charge in [0.15, 0.2) is 0 Å². The second kappa shape index (κ2) is 4.46. The van der Waals surface area contributed by atoms with Gasteiger partial charge in [0.25, 0.3) is 0 Å². The van der Waals surface area contributed by atoms with Crippen molar-refractivity contribution in [2.24, 2.45) is 0 Å². The van der Waals surface area contributed by atoms with Crippen LogP contribution in [0, 0.1) is 0 Å². The van der Waals surface area contributed by atoms with Crippen LogP contribution in [-0.2, 0) is 13.0 Å². The average Bonchev–Trinajstić information content (AvgIpc) is 3.04. The predicted molar refractivity (Wildman–Crippen MR) is 70.4 cm³/mol. The lowest BCUT2D eigenvalue weighted by atomic mass is 10.0. The first-order valence-electron chi connectivity index (χ1n) is 6.33. The Morgan fingerprint density at radius 1 is 1.50 bits per heavy atom. The fourth-order valence-corrected chi connectivity index (χ4v) is 2.45. The van der Waals surface area contributed by atoms with Crippen molar-refractivity contribution < 1.29 is 5.11 Å². The van der Waals surface area contributed by atoms with E-state index in [0.29, 0.717) is 0 Å². The molecule has 3 rings (SSSR count). The number of benzene rings is 1. The van der Waals surface area contributed by atoms with Gasteiger partial charge >= 0.3 is 0 Å².